The van der Waals surface area contributed by atoms with Crippen LogP contribution in [0.2, 0.25) is 5.02 Å². The number of amides is 1. The van der Waals surface area contributed by atoms with E-state index < -0.39 is 0 Å². The molecular weight excluding hydrogens is 340 g/mol. The van der Waals surface area contributed by atoms with Crippen LogP contribution in [0.3, 0.4) is 0 Å². The molecule has 0 N–H and O–H groups in total. The van der Waals surface area contributed by atoms with Gasteiger partial charge in [-0.15, -0.1) is 0 Å². The van der Waals surface area contributed by atoms with Crippen molar-refractivity contribution in [3.05, 3.63) is 58.6 Å². The summed E-state index contributed by atoms with van der Waals surface area (Å²) in [6.07, 6.45) is 1.16. The van der Waals surface area contributed by atoms with Crippen LogP contribution in [-0.2, 0) is 16.2 Å². The van der Waals surface area contributed by atoms with Gasteiger partial charge in [-0.05, 0) is 43.7 Å². The second-order valence-electron chi connectivity index (χ2n) is 5.33. The van der Waals surface area contributed by atoms with Gasteiger partial charge in [-0.2, -0.15) is 0 Å². The lowest BCUT2D eigenvalue weighted by Gasteiger charge is -2.22. The predicted octanol–water partition coefficient (Wildman–Crippen LogP) is 4.21. The molecule has 2 aromatic carbocycles. The van der Waals surface area contributed by atoms with E-state index >= 15 is 0 Å². The second kappa shape index (κ2) is 9.08. The normalized spacial score (nSPS) is 10.7. The van der Waals surface area contributed by atoms with Crippen LogP contribution in [0.1, 0.15) is 18.1 Å². The maximum Gasteiger partial charge on any atom is 0.272 e. The molecule has 1 amide bonds. The van der Waals surface area contributed by atoms with Crippen molar-refractivity contribution in [2.75, 3.05) is 18.6 Å². The summed E-state index contributed by atoms with van der Waals surface area (Å²) in [4.78, 5) is 18.5. The summed E-state index contributed by atoms with van der Waals surface area (Å²) in [6, 6.07) is 13.1. The molecule has 0 saturated heterocycles. The average Bonchev–Trinajstić information content (AvgIpc) is 2.61. The van der Waals surface area contributed by atoms with Crippen LogP contribution in [0.5, 0.6) is 5.75 Å². The molecule has 25 heavy (non-hydrogen) atoms. The molecule has 0 aliphatic heterocycles. The van der Waals surface area contributed by atoms with E-state index in [1.807, 2.05) is 50.2 Å². The fraction of sp³-hybridized carbons (Fsp3) is 0.263. The SMILES string of the molecule is CCN(C(=O)C=NOC)c1ccccc1COc1ccc(Cl)cc1C. The van der Waals surface area contributed by atoms with Gasteiger partial charge in [0.15, 0.2) is 0 Å². The van der Waals surface area contributed by atoms with Crippen molar-refractivity contribution in [2.45, 2.75) is 20.5 Å². The zero-order valence-corrected chi connectivity index (χ0v) is 15.3. The van der Waals surface area contributed by atoms with Crippen LogP contribution < -0.4 is 9.64 Å². The first-order chi connectivity index (χ1) is 12.1. The Kier molecular flexibility index (Phi) is 6.83. The summed E-state index contributed by atoms with van der Waals surface area (Å²) in [5, 5.41) is 4.22. The van der Waals surface area contributed by atoms with E-state index in [0.717, 1.165) is 28.8 Å². The zero-order valence-electron chi connectivity index (χ0n) is 14.5. The molecule has 0 saturated carbocycles. The van der Waals surface area contributed by atoms with Crippen LogP contribution in [-0.4, -0.2) is 25.8 Å². The Hall–Kier alpha value is -2.53. The molecule has 0 radical (unpaired) electrons. The summed E-state index contributed by atoms with van der Waals surface area (Å²) < 4.78 is 5.92. The summed E-state index contributed by atoms with van der Waals surface area (Å²) >= 11 is 5.97. The standard InChI is InChI=1S/C19H21ClN2O3/c1-4-22(19(23)12-21-24-3)17-8-6-5-7-15(17)13-25-18-10-9-16(20)11-14(18)2/h5-12H,4,13H2,1-3H3. The number of carbonyl (C=O) groups excluding carboxylic acids is 1. The van der Waals surface area contributed by atoms with E-state index in [2.05, 4.69) is 9.99 Å². The lowest BCUT2D eigenvalue weighted by molar-refractivity contribution is -0.112. The quantitative estimate of drug-likeness (QED) is 0.549. The number of para-hydroxylation sites is 1. The van der Waals surface area contributed by atoms with Crippen LogP contribution in [0.15, 0.2) is 47.6 Å². The van der Waals surface area contributed by atoms with Gasteiger partial charge in [0.25, 0.3) is 5.91 Å². The Morgan fingerprint density at radius 2 is 2.04 bits per heavy atom. The van der Waals surface area contributed by atoms with Crippen molar-refractivity contribution in [3.63, 3.8) is 0 Å². The number of benzene rings is 2. The summed E-state index contributed by atoms with van der Waals surface area (Å²) in [6.45, 7) is 4.69. The van der Waals surface area contributed by atoms with Crippen molar-refractivity contribution in [2.24, 2.45) is 5.16 Å². The Morgan fingerprint density at radius 1 is 1.28 bits per heavy atom. The first-order valence-electron chi connectivity index (χ1n) is 7.91. The number of nitrogens with zero attached hydrogens (tertiary/aromatic N) is 2. The molecule has 0 aliphatic carbocycles. The zero-order chi connectivity index (χ0) is 18.2. The fourth-order valence-electron chi connectivity index (χ4n) is 2.44. The highest BCUT2D eigenvalue weighted by molar-refractivity contribution is 6.32. The first kappa shape index (κ1) is 18.8. The highest BCUT2D eigenvalue weighted by atomic mass is 35.5. The number of carbonyl (C=O) groups is 1. The molecule has 5 nitrogen and oxygen atoms in total. The molecule has 0 bridgehead atoms. The summed E-state index contributed by atoms with van der Waals surface area (Å²) in [5.74, 6) is 0.508. The van der Waals surface area contributed by atoms with Gasteiger partial charge in [-0.3, -0.25) is 4.79 Å². The Labute approximate surface area is 152 Å². The van der Waals surface area contributed by atoms with Crippen molar-refractivity contribution in [1.82, 2.24) is 0 Å². The van der Waals surface area contributed by atoms with E-state index in [1.165, 1.54) is 7.11 Å². The minimum atomic E-state index is -0.250. The third-order valence-electron chi connectivity index (χ3n) is 3.65. The van der Waals surface area contributed by atoms with Crippen LogP contribution in [0, 0.1) is 6.92 Å². The van der Waals surface area contributed by atoms with Crippen LogP contribution in [0.4, 0.5) is 5.69 Å². The number of hydrogen-bond acceptors (Lipinski definition) is 4. The molecule has 0 fully saturated rings. The Balaban J connectivity index is 2.21. The number of aryl methyl sites for hydroxylation is 1. The van der Waals surface area contributed by atoms with E-state index in [9.17, 15) is 4.79 Å². The number of rotatable bonds is 7. The number of halogens is 1. The van der Waals surface area contributed by atoms with Gasteiger partial charge in [-0.1, -0.05) is 35.0 Å². The number of hydrogen-bond donors (Lipinski definition) is 0. The summed E-state index contributed by atoms with van der Waals surface area (Å²) in [5.41, 5.74) is 2.64. The lowest BCUT2D eigenvalue weighted by atomic mass is 10.1. The first-order valence-corrected chi connectivity index (χ1v) is 8.29. The second-order valence-corrected chi connectivity index (χ2v) is 5.76. The Bertz CT molecular complexity index is 762. The van der Waals surface area contributed by atoms with Crippen molar-refractivity contribution in [3.8, 4) is 5.75 Å². The Morgan fingerprint density at radius 3 is 2.72 bits per heavy atom. The average molecular weight is 361 g/mol. The fourth-order valence-corrected chi connectivity index (χ4v) is 2.67. The highest BCUT2D eigenvalue weighted by Gasteiger charge is 2.16. The smallest absolute Gasteiger partial charge is 0.272 e. The molecule has 0 aromatic heterocycles. The molecule has 6 heteroatoms. The summed E-state index contributed by atoms with van der Waals surface area (Å²) in [7, 11) is 1.40. The molecule has 0 unspecified atom stereocenters. The van der Waals surface area contributed by atoms with Gasteiger partial charge in [0.2, 0.25) is 0 Å². The van der Waals surface area contributed by atoms with E-state index in [1.54, 1.807) is 11.0 Å². The maximum atomic E-state index is 12.3. The third kappa shape index (κ3) is 4.97. The minimum Gasteiger partial charge on any atom is -0.489 e. The predicted molar refractivity (Wildman–Crippen MR) is 100 cm³/mol. The van der Waals surface area contributed by atoms with E-state index in [0.29, 0.717) is 18.2 Å². The van der Waals surface area contributed by atoms with Gasteiger partial charge in [0.05, 0.1) is 5.69 Å². The van der Waals surface area contributed by atoms with Crippen LogP contribution in [0.25, 0.3) is 0 Å². The molecule has 0 spiro atoms. The highest BCUT2D eigenvalue weighted by Crippen LogP contribution is 2.25. The monoisotopic (exact) mass is 360 g/mol. The van der Waals surface area contributed by atoms with Crippen molar-refractivity contribution >= 4 is 29.4 Å². The van der Waals surface area contributed by atoms with Gasteiger partial charge in [0.1, 0.15) is 25.7 Å². The number of ether oxygens (including phenoxy) is 1. The van der Waals surface area contributed by atoms with Crippen molar-refractivity contribution in [1.29, 1.82) is 0 Å². The minimum absolute atomic E-state index is 0.250. The molecule has 0 atom stereocenters. The van der Waals surface area contributed by atoms with Crippen LogP contribution >= 0.6 is 11.6 Å². The molecule has 2 rings (SSSR count). The van der Waals surface area contributed by atoms with E-state index in [4.69, 9.17) is 16.3 Å². The molecule has 2 aromatic rings. The molecule has 0 aliphatic rings. The van der Waals surface area contributed by atoms with Gasteiger partial charge >= 0.3 is 0 Å². The maximum absolute atomic E-state index is 12.3. The molecular formula is C19H21ClN2O3. The third-order valence-corrected chi connectivity index (χ3v) is 3.89. The van der Waals surface area contributed by atoms with E-state index in [-0.39, 0.29) is 5.91 Å². The van der Waals surface area contributed by atoms with Crippen molar-refractivity contribution < 1.29 is 14.4 Å². The molecule has 132 valence electrons. The topological polar surface area (TPSA) is 51.1 Å². The van der Waals surface area contributed by atoms with Gasteiger partial charge in [0, 0.05) is 17.1 Å². The van der Waals surface area contributed by atoms with Gasteiger partial charge in [-0.25, -0.2) is 0 Å². The number of anilines is 1. The molecule has 0 heterocycles. The number of oxime groups is 1. The largest absolute Gasteiger partial charge is 0.489 e. The van der Waals surface area contributed by atoms with Gasteiger partial charge < -0.3 is 14.5 Å². The lowest BCUT2D eigenvalue weighted by Crippen LogP contribution is -2.32.